The summed E-state index contributed by atoms with van der Waals surface area (Å²) in [6.07, 6.45) is 4.19. The number of nitrogens with one attached hydrogen (secondary N) is 2. The largest absolute Gasteiger partial charge is 0.497 e. The first-order valence-electron chi connectivity index (χ1n) is 10.4. The third-order valence-corrected chi connectivity index (χ3v) is 6.28. The van der Waals surface area contributed by atoms with Gasteiger partial charge in [0.25, 0.3) is 0 Å². The Hall–Kier alpha value is -3.06. The van der Waals surface area contributed by atoms with E-state index in [1.54, 1.807) is 7.11 Å². The molecule has 1 saturated carbocycles. The molecular weight excluding hydrogens is 410 g/mol. The van der Waals surface area contributed by atoms with Crippen LogP contribution >= 0.6 is 11.8 Å². The fourth-order valence-electron chi connectivity index (χ4n) is 3.84. The Morgan fingerprint density at radius 3 is 2.61 bits per heavy atom. The number of urea groups is 1. The number of methoxy groups -OCH3 is 1. The molecule has 2 aromatic carbocycles. The molecule has 3 aromatic rings. The Bertz CT molecular complexity index is 1080. The van der Waals surface area contributed by atoms with Crippen LogP contribution in [0.3, 0.4) is 0 Å². The number of pyridine rings is 1. The number of nitrogens with zero attached hydrogens (tertiary/aromatic N) is 1. The second-order valence-electron chi connectivity index (χ2n) is 7.55. The number of benzene rings is 2. The van der Waals surface area contributed by atoms with E-state index in [4.69, 9.17) is 9.72 Å². The maximum atomic E-state index is 12.3. The molecule has 0 aliphatic heterocycles. The molecule has 1 aromatic heterocycles. The molecule has 0 unspecified atom stereocenters. The van der Waals surface area contributed by atoms with Gasteiger partial charge in [-0.2, -0.15) is 0 Å². The molecule has 0 spiro atoms. The lowest BCUT2D eigenvalue weighted by Crippen LogP contribution is -2.44. The number of imide groups is 1. The minimum Gasteiger partial charge on any atom is -0.497 e. The number of carbonyl (C=O) groups excluding carboxylic acids is 2. The van der Waals surface area contributed by atoms with Gasteiger partial charge in [-0.15, -0.1) is 0 Å². The predicted molar refractivity (Wildman–Crippen MR) is 123 cm³/mol. The zero-order chi connectivity index (χ0) is 21.6. The summed E-state index contributed by atoms with van der Waals surface area (Å²) in [6.45, 7) is 0. The number of amides is 3. The van der Waals surface area contributed by atoms with Gasteiger partial charge in [-0.3, -0.25) is 10.1 Å². The van der Waals surface area contributed by atoms with Crippen LogP contribution in [0.4, 0.5) is 4.79 Å². The van der Waals surface area contributed by atoms with Gasteiger partial charge in [-0.25, -0.2) is 9.78 Å². The highest BCUT2D eigenvalue weighted by molar-refractivity contribution is 7.99. The third-order valence-electron chi connectivity index (χ3n) is 5.37. The minimum absolute atomic E-state index is 0.106. The van der Waals surface area contributed by atoms with Crippen molar-refractivity contribution in [1.29, 1.82) is 0 Å². The maximum absolute atomic E-state index is 12.3. The summed E-state index contributed by atoms with van der Waals surface area (Å²) < 4.78 is 5.35. The van der Waals surface area contributed by atoms with E-state index in [0.29, 0.717) is 5.03 Å². The number of hydrogen-bond acceptors (Lipinski definition) is 5. The first kappa shape index (κ1) is 21.2. The molecule has 0 saturated heterocycles. The van der Waals surface area contributed by atoms with E-state index in [-0.39, 0.29) is 17.7 Å². The number of carbonyl (C=O) groups is 2. The van der Waals surface area contributed by atoms with Crippen molar-refractivity contribution in [3.8, 4) is 16.9 Å². The van der Waals surface area contributed by atoms with Crippen LogP contribution in [0.1, 0.15) is 25.7 Å². The molecule has 2 N–H and O–H groups in total. The van der Waals surface area contributed by atoms with Crippen LogP contribution in [0.15, 0.2) is 59.6 Å². The summed E-state index contributed by atoms with van der Waals surface area (Å²) in [6, 6.07) is 17.6. The van der Waals surface area contributed by atoms with Gasteiger partial charge in [0, 0.05) is 17.5 Å². The second-order valence-corrected chi connectivity index (χ2v) is 8.54. The van der Waals surface area contributed by atoms with E-state index < -0.39 is 6.03 Å². The molecule has 0 atom stereocenters. The van der Waals surface area contributed by atoms with E-state index in [2.05, 4.69) is 10.6 Å². The van der Waals surface area contributed by atoms with Crippen molar-refractivity contribution < 1.29 is 14.3 Å². The van der Waals surface area contributed by atoms with Crippen LogP contribution in [0.5, 0.6) is 5.75 Å². The van der Waals surface area contributed by atoms with Gasteiger partial charge in [0.05, 0.1) is 23.4 Å². The van der Waals surface area contributed by atoms with Crippen LogP contribution in [0.2, 0.25) is 0 Å². The first-order valence-corrected chi connectivity index (χ1v) is 11.4. The second kappa shape index (κ2) is 9.83. The molecule has 160 valence electrons. The Kier molecular flexibility index (Phi) is 6.72. The first-order chi connectivity index (χ1) is 15.1. The highest BCUT2D eigenvalue weighted by Gasteiger charge is 2.18. The summed E-state index contributed by atoms with van der Waals surface area (Å²) in [5, 5.41) is 7.01. The van der Waals surface area contributed by atoms with E-state index in [1.807, 2.05) is 54.6 Å². The predicted octanol–water partition coefficient (Wildman–Crippen LogP) is 4.77. The molecule has 6 nitrogen and oxygen atoms in total. The average molecular weight is 436 g/mol. The summed E-state index contributed by atoms with van der Waals surface area (Å²) in [5.74, 6) is 0.492. The molecule has 0 radical (unpaired) electrons. The third kappa shape index (κ3) is 5.35. The van der Waals surface area contributed by atoms with Crippen molar-refractivity contribution in [3.63, 3.8) is 0 Å². The summed E-state index contributed by atoms with van der Waals surface area (Å²) in [5.41, 5.74) is 2.90. The zero-order valence-corrected chi connectivity index (χ0v) is 18.2. The van der Waals surface area contributed by atoms with Crippen molar-refractivity contribution in [2.75, 3.05) is 12.9 Å². The highest BCUT2D eigenvalue weighted by Crippen LogP contribution is 2.33. The lowest BCUT2D eigenvalue weighted by atomic mass is 10.0. The van der Waals surface area contributed by atoms with Crippen molar-refractivity contribution >= 4 is 34.6 Å². The molecule has 1 aliphatic rings. The fraction of sp³-hybridized carbons (Fsp3) is 0.292. The lowest BCUT2D eigenvalue weighted by molar-refractivity contribution is -0.117. The van der Waals surface area contributed by atoms with E-state index >= 15 is 0 Å². The molecule has 1 aliphatic carbocycles. The van der Waals surface area contributed by atoms with Gasteiger partial charge in [0.15, 0.2) is 0 Å². The van der Waals surface area contributed by atoms with Gasteiger partial charge in [-0.05, 0) is 42.2 Å². The van der Waals surface area contributed by atoms with Crippen LogP contribution in [-0.4, -0.2) is 35.8 Å². The van der Waals surface area contributed by atoms with Gasteiger partial charge in [0.1, 0.15) is 5.75 Å². The van der Waals surface area contributed by atoms with Crippen molar-refractivity contribution in [2.45, 2.75) is 36.8 Å². The standard InChI is InChI=1S/C24H25N3O3S/c1-30-18-11-12-19-20(16-7-3-2-4-8-16)14-23(26-21(19)13-18)31-15-22(28)27-24(29)25-17-9-5-6-10-17/h2-4,7-8,11-14,17H,5-6,9-10,15H2,1H3,(H2,25,27,28,29). The fourth-order valence-corrected chi connectivity index (χ4v) is 4.55. The SMILES string of the molecule is COc1ccc2c(-c3ccccc3)cc(SCC(=O)NC(=O)NC3CCCC3)nc2c1. The molecule has 3 amide bonds. The van der Waals surface area contributed by atoms with E-state index in [0.717, 1.165) is 53.5 Å². The quantitative estimate of drug-likeness (QED) is 0.545. The average Bonchev–Trinajstić information content (AvgIpc) is 3.30. The van der Waals surface area contributed by atoms with Crippen molar-refractivity contribution in [3.05, 3.63) is 54.6 Å². The summed E-state index contributed by atoms with van der Waals surface area (Å²) >= 11 is 1.31. The van der Waals surface area contributed by atoms with Gasteiger partial charge >= 0.3 is 6.03 Å². The molecule has 7 heteroatoms. The number of rotatable bonds is 6. The zero-order valence-electron chi connectivity index (χ0n) is 17.4. The minimum atomic E-state index is -0.418. The van der Waals surface area contributed by atoms with E-state index in [1.165, 1.54) is 11.8 Å². The lowest BCUT2D eigenvalue weighted by Gasteiger charge is -2.13. The summed E-state index contributed by atoms with van der Waals surface area (Å²) in [7, 11) is 1.62. The van der Waals surface area contributed by atoms with Crippen LogP contribution in [0, 0.1) is 0 Å². The van der Waals surface area contributed by atoms with Crippen molar-refractivity contribution in [2.24, 2.45) is 0 Å². The number of fused-ring (bicyclic) bond motifs is 1. The van der Waals surface area contributed by atoms with Gasteiger partial charge < -0.3 is 10.1 Å². The van der Waals surface area contributed by atoms with Crippen molar-refractivity contribution in [1.82, 2.24) is 15.6 Å². The highest BCUT2D eigenvalue weighted by atomic mass is 32.2. The molecular formula is C24H25N3O3S. The smallest absolute Gasteiger partial charge is 0.321 e. The topological polar surface area (TPSA) is 80.3 Å². The van der Waals surface area contributed by atoms with Gasteiger partial charge in [0.2, 0.25) is 5.91 Å². The van der Waals surface area contributed by atoms with Crippen LogP contribution in [0.25, 0.3) is 22.0 Å². The molecule has 1 fully saturated rings. The number of aromatic nitrogens is 1. The van der Waals surface area contributed by atoms with E-state index in [9.17, 15) is 9.59 Å². The Morgan fingerprint density at radius 1 is 1.10 bits per heavy atom. The Morgan fingerprint density at radius 2 is 1.87 bits per heavy atom. The Labute approximate surface area is 185 Å². The number of thioether (sulfide) groups is 1. The maximum Gasteiger partial charge on any atom is 0.321 e. The number of hydrogen-bond donors (Lipinski definition) is 2. The van der Waals surface area contributed by atoms with Crippen LogP contribution in [-0.2, 0) is 4.79 Å². The Balaban J connectivity index is 1.50. The monoisotopic (exact) mass is 435 g/mol. The molecule has 0 bridgehead atoms. The van der Waals surface area contributed by atoms with Crippen LogP contribution < -0.4 is 15.4 Å². The molecule has 31 heavy (non-hydrogen) atoms. The molecule has 1 heterocycles. The molecule has 4 rings (SSSR count). The normalized spacial score (nSPS) is 13.8. The number of ether oxygens (including phenoxy) is 1. The van der Waals surface area contributed by atoms with Gasteiger partial charge in [-0.1, -0.05) is 54.9 Å². The summed E-state index contributed by atoms with van der Waals surface area (Å²) in [4.78, 5) is 29.0.